The highest BCUT2D eigenvalue weighted by molar-refractivity contribution is 5.86. The van der Waals surface area contributed by atoms with Gasteiger partial charge in [0.2, 0.25) is 0 Å². The minimum Gasteiger partial charge on any atom is -0.382 e. The van der Waals surface area contributed by atoms with Gasteiger partial charge in [0.1, 0.15) is 17.7 Å². The zero-order valence-corrected chi connectivity index (χ0v) is 10.8. The van der Waals surface area contributed by atoms with Gasteiger partial charge in [-0.3, -0.25) is 0 Å². The summed E-state index contributed by atoms with van der Waals surface area (Å²) in [5, 5.41) is 0. The summed E-state index contributed by atoms with van der Waals surface area (Å²) in [5.74, 6) is 1.15. The second-order valence-corrected chi connectivity index (χ2v) is 4.45. The lowest BCUT2D eigenvalue weighted by Crippen LogP contribution is -2.09. The van der Waals surface area contributed by atoms with Crippen LogP contribution in [-0.2, 0) is 0 Å². The van der Waals surface area contributed by atoms with E-state index in [2.05, 4.69) is 19.9 Å². The lowest BCUT2D eigenvalue weighted by Gasteiger charge is -2.15. The van der Waals surface area contributed by atoms with Gasteiger partial charge >= 0.3 is 0 Å². The van der Waals surface area contributed by atoms with E-state index in [1.165, 1.54) is 6.33 Å². The number of para-hydroxylation sites is 1. The van der Waals surface area contributed by atoms with Crippen LogP contribution in [0.3, 0.4) is 0 Å². The van der Waals surface area contributed by atoms with Crippen molar-refractivity contribution in [1.82, 2.24) is 19.9 Å². The maximum atomic E-state index is 5.81. The average molecular weight is 254 g/mol. The molecule has 2 aromatic heterocycles. The molecule has 0 saturated carbocycles. The molecule has 0 unspecified atom stereocenters. The van der Waals surface area contributed by atoms with Gasteiger partial charge in [-0.15, -0.1) is 0 Å². The first kappa shape index (κ1) is 11.5. The number of nitrogens with zero attached hydrogens (tertiary/aromatic N) is 4. The number of aromatic nitrogens is 4. The van der Waals surface area contributed by atoms with E-state index in [-0.39, 0.29) is 0 Å². The summed E-state index contributed by atoms with van der Waals surface area (Å²) in [6.07, 6.45) is 1.42. The van der Waals surface area contributed by atoms with Gasteiger partial charge in [0.05, 0.1) is 0 Å². The molecule has 6 nitrogen and oxygen atoms in total. The molecule has 3 aromatic rings. The molecular formula is C13H14N6. The molecule has 0 atom stereocenters. The van der Waals surface area contributed by atoms with Crippen molar-refractivity contribution in [2.45, 2.75) is 0 Å². The van der Waals surface area contributed by atoms with E-state index in [9.17, 15) is 0 Å². The number of imidazole rings is 1. The monoisotopic (exact) mass is 254 g/mol. The SMILES string of the molecule is CN(C)c1ccccc1-c1nc2ncnc(N)c2[nH]1. The zero-order chi connectivity index (χ0) is 13.4. The number of hydrogen-bond acceptors (Lipinski definition) is 5. The van der Waals surface area contributed by atoms with Crippen LogP contribution in [0.4, 0.5) is 11.5 Å². The average Bonchev–Trinajstić information content (AvgIpc) is 2.84. The minimum absolute atomic E-state index is 0.408. The molecule has 1 aromatic carbocycles. The summed E-state index contributed by atoms with van der Waals surface area (Å²) in [6.45, 7) is 0. The number of H-pyrrole nitrogens is 1. The lowest BCUT2D eigenvalue weighted by atomic mass is 10.1. The van der Waals surface area contributed by atoms with Crippen molar-refractivity contribution in [2.24, 2.45) is 0 Å². The Labute approximate surface area is 110 Å². The van der Waals surface area contributed by atoms with Crippen LogP contribution in [0.1, 0.15) is 0 Å². The highest BCUT2D eigenvalue weighted by atomic mass is 15.1. The molecule has 0 saturated heterocycles. The van der Waals surface area contributed by atoms with Gasteiger partial charge in [0.25, 0.3) is 0 Å². The molecule has 0 spiro atoms. The van der Waals surface area contributed by atoms with Gasteiger partial charge in [-0.2, -0.15) is 0 Å². The molecule has 0 bridgehead atoms. The Morgan fingerprint density at radius 1 is 1.16 bits per heavy atom. The fourth-order valence-electron chi connectivity index (χ4n) is 2.04. The van der Waals surface area contributed by atoms with Crippen molar-refractivity contribution in [1.29, 1.82) is 0 Å². The van der Waals surface area contributed by atoms with Crippen LogP contribution in [0.5, 0.6) is 0 Å². The van der Waals surface area contributed by atoms with Gasteiger partial charge in [-0.05, 0) is 12.1 Å². The van der Waals surface area contributed by atoms with Crippen LogP contribution in [0.25, 0.3) is 22.6 Å². The van der Waals surface area contributed by atoms with Crippen molar-refractivity contribution < 1.29 is 0 Å². The normalized spacial score (nSPS) is 10.8. The van der Waals surface area contributed by atoms with Gasteiger partial charge in [-0.1, -0.05) is 12.1 Å². The molecule has 3 rings (SSSR count). The quantitative estimate of drug-likeness (QED) is 0.726. The Morgan fingerprint density at radius 3 is 2.68 bits per heavy atom. The number of hydrogen-bond donors (Lipinski definition) is 2. The maximum absolute atomic E-state index is 5.81. The largest absolute Gasteiger partial charge is 0.382 e. The molecule has 0 aliphatic heterocycles. The Kier molecular flexibility index (Phi) is 2.56. The van der Waals surface area contributed by atoms with E-state index in [1.807, 2.05) is 43.3 Å². The third kappa shape index (κ3) is 1.87. The number of benzene rings is 1. The summed E-state index contributed by atoms with van der Waals surface area (Å²) in [6, 6.07) is 8.02. The summed E-state index contributed by atoms with van der Waals surface area (Å²) in [7, 11) is 3.99. The van der Waals surface area contributed by atoms with Crippen molar-refractivity contribution >= 4 is 22.7 Å². The first-order valence-corrected chi connectivity index (χ1v) is 5.89. The number of anilines is 2. The number of nitrogens with two attached hydrogens (primary N) is 1. The van der Waals surface area contributed by atoms with Crippen LogP contribution in [0.15, 0.2) is 30.6 Å². The molecular weight excluding hydrogens is 240 g/mol. The van der Waals surface area contributed by atoms with E-state index in [0.717, 1.165) is 17.1 Å². The van der Waals surface area contributed by atoms with Gasteiger partial charge < -0.3 is 15.6 Å². The smallest absolute Gasteiger partial charge is 0.183 e. The highest BCUT2D eigenvalue weighted by Crippen LogP contribution is 2.29. The van der Waals surface area contributed by atoms with Crippen LogP contribution < -0.4 is 10.6 Å². The Hall–Kier alpha value is -2.63. The topological polar surface area (TPSA) is 83.7 Å². The Balaban J connectivity index is 2.22. The van der Waals surface area contributed by atoms with Crippen LogP contribution in [0.2, 0.25) is 0 Å². The van der Waals surface area contributed by atoms with Gasteiger partial charge in [0.15, 0.2) is 11.5 Å². The number of nitrogens with one attached hydrogen (secondary N) is 1. The second-order valence-electron chi connectivity index (χ2n) is 4.45. The molecule has 3 N–H and O–H groups in total. The van der Waals surface area contributed by atoms with Crippen LogP contribution >= 0.6 is 0 Å². The predicted octanol–water partition coefficient (Wildman–Crippen LogP) is 1.67. The molecule has 2 heterocycles. The van der Waals surface area contributed by atoms with Gasteiger partial charge in [-0.25, -0.2) is 15.0 Å². The standard InChI is InChI=1S/C13H14N6/c1-19(2)9-6-4-3-5-8(9)12-17-10-11(14)15-7-16-13(10)18-12/h3-7H,1-2H3,(H3,14,15,16,17,18). The molecule has 0 aliphatic rings. The third-order valence-electron chi connectivity index (χ3n) is 2.96. The lowest BCUT2D eigenvalue weighted by molar-refractivity contribution is 1.13. The van der Waals surface area contributed by atoms with Gasteiger partial charge in [0, 0.05) is 25.3 Å². The molecule has 6 heteroatoms. The summed E-state index contributed by atoms with van der Waals surface area (Å²) in [4.78, 5) is 17.8. The van der Waals surface area contributed by atoms with Crippen LogP contribution in [-0.4, -0.2) is 34.0 Å². The molecule has 0 amide bonds. The molecule has 19 heavy (non-hydrogen) atoms. The predicted molar refractivity (Wildman–Crippen MR) is 75.9 cm³/mol. The molecule has 0 fully saturated rings. The van der Waals surface area contributed by atoms with Crippen molar-refractivity contribution in [2.75, 3.05) is 24.7 Å². The van der Waals surface area contributed by atoms with E-state index < -0.39 is 0 Å². The minimum atomic E-state index is 0.408. The number of nitrogen functional groups attached to an aromatic ring is 1. The first-order chi connectivity index (χ1) is 9.16. The van der Waals surface area contributed by atoms with Crippen molar-refractivity contribution in [3.8, 4) is 11.4 Å². The third-order valence-corrected chi connectivity index (χ3v) is 2.96. The molecule has 96 valence electrons. The number of rotatable bonds is 2. The Bertz CT molecular complexity index is 731. The van der Waals surface area contributed by atoms with Crippen molar-refractivity contribution in [3.63, 3.8) is 0 Å². The van der Waals surface area contributed by atoms with Crippen LogP contribution in [0, 0.1) is 0 Å². The number of fused-ring (bicyclic) bond motifs is 1. The second kappa shape index (κ2) is 4.24. The number of aromatic amines is 1. The fourth-order valence-corrected chi connectivity index (χ4v) is 2.04. The van der Waals surface area contributed by atoms with E-state index in [4.69, 9.17) is 5.73 Å². The fraction of sp³-hybridized carbons (Fsp3) is 0.154. The van der Waals surface area contributed by atoms with E-state index in [0.29, 0.717) is 17.0 Å². The summed E-state index contributed by atoms with van der Waals surface area (Å²) < 4.78 is 0. The van der Waals surface area contributed by atoms with E-state index in [1.54, 1.807) is 0 Å². The summed E-state index contributed by atoms with van der Waals surface area (Å²) in [5.41, 5.74) is 9.15. The molecule has 0 radical (unpaired) electrons. The maximum Gasteiger partial charge on any atom is 0.183 e. The Morgan fingerprint density at radius 2 is 1.95 bits per heavy atom. The highest BCUT2D eigenvalue weighted by Gasteiger charge is 2.12. The zero-order valence-electron chi connectivity index (χ0n) is 10.8. The van der Waals surface area contributed by atoms with Crippen molar-refractivity contribution in [3.05, 3.63) is 30.6 Å². The first-order valence-electron chi connectivity index (χ1n) is 5.89. The van der Waals surface area contributed by atoms with E-state index >= 15 is 0 Å². The summed E-state index contributed by atoms with van der Waals surface area (Å²) >= 11 is 0. The molecule has 0 aliphatic carbocycles.